The van der Waals surface area contributed by atoms with Gasteiger partial charge in [-0.15, -0.1) is 0 Å². The number of hydroxylamine groups is 1. The van der Waals surface area contributed by atoms with Crippen molar-refractivity contribution in [2.45, 2.75) is 46.6 Å². The first kappa shape index (κ1) is 24.7. The molecule has 1 fully saturated rings. The van der Waals surface area contributed by atoms with Gasteiger partial charge in [0.25, 0.3) is 11.9 Å². The first-order valence-electron chi connectivity index (χ1n) is 11.3. The monoisotopic (exact) mass is 456 g/mol. The third-order valence-corrected chi connectivity index (χ3v) is 5.98. The molecule has 0 radical (unpaired) electrons. The largest absolute Gasteiger partial charge is 0.339 e. The van der Waals surface area contributed by atoms with E-state index in [1.54, 1.807) is 6.07 Å². The normalized spacial score (nSPS) is 15.2. The van der Waals surface area contributed by atoms with Gasteiger partial charge >= 0.3 is 0 Å². The van der Waals surface area contributed by atoms with E-state index in [-0.39, 0.29) is 17.4 Å². The number of likely N-dealkylation sites (N-methyl/N-ethyl adjacent to an activating group) is 1. The van der Waals surface area contributed by atoms with Gasteiger partial charge in [0, 0.05) is 37.8 Å². The molecule has 0 atom stereocenters. The molecule has 2 heterocycles. The Kier molecular flexibility index (Phi) is 7.70. The van der Waals surface area contributed by atoms with Gasteiger partial charge in [0.2, 0.25) is 11.9 Å². The maximum absolute atomic E-state index is 12.4. The zero-order valence-corrected chi connectivity index (χ0v) is 20.8. The molecular weight excluding hydrogens is 420 g/mol. The van der Waals surface area contributed by atoms with Gasteiger partial charge in [-0.2, -0.15) is 19.9 Å². The van der Waals surface area contributed by atoms with Crippen LogP contribution in [0, 0.1) is 13.8 Å². The highest BCUT2D eigenvalue weighted by atomic mass is 16.8. The maximum atomic E-state index is 12.4. The summed E-state index contributed by atoms with van der Waals surface area (Å²) in [6.45, 7) is 13.9. The summed E-state index contributed by atoms with van der Waals surface area (Å²) in [5, 5.41) is 0. The van der Waals surface area contributed by atoms with Crippen molar-refractivity contribution in [2.24, 2.45) is 0 Å². The van der Waals surface area contributed by atoms with Crippen molar-refractivity contribution in [1.29, 1.82) is 0 Å². The smallest absolute Gasteiger partial charge is 0.276 e. The van der Waals surface area contributed by atoms with Crippen LogP contribution in [-0.2, 0) is 4.94 Å². The highest BCUT2D eigenvalue weighted by molar-refractivity contribution is 5.93. The highest BCUT2D eigenvalue weighted by Gasteiger charge is 2.24. The number of aromatic nitrogens is 3. The molecule has 3 rings (SSSR count). The van der Waals surface area contributed by atoms with Crippen molar-refractivity contribution in [3.63, 3.8) is 0 Å². The lowest BCUT2D eigenvalue weighted by Gasteiger charge is -2.32. The molecule has 10 nitrogen and oxygen atoms in total. The Hall–Kier alpha value is -2.98. The molecule has 10 heteroatoms. The topological polar surface area (TPSA) is 98.7 Å². The first-order valence-corrected chi connectivity index (χ1v) is 11.3. The Balaban J connectivity index is 1.76. The molecule has 0 spiro atoms. The van der Waals surface area contributed by atoms with Crippen LogP contribution < -0.4 is 20.8 Å². The van der Waals surface area contributed by atoms with E-state index in [4.69, 9.17) is 9.92 Å². The second-order valence-corrected chi connectivity index (χ2v) is 9.57. The van der Waals surface area contributed by atoms with Crippen LogP contribution in [0.4, 0.5) is 17.8 Å². The lowest BCUT2D eigenvalue weighted by molar-refractivity contribution is 0.0521. The lowest BCUT2D eigenvalue weighted by Crippen LogP contribution is -2.40. The lowest BCUT2D eigenvalue weighted by atomic mass is 10.1. The molecule has 0 aliphatic carbocycles. The minimum Gasteiger partial charge on any atom is -0.339 e. The summed E-state index contributed by atoms with van der Waals surface area (Å²) in [6.07, 6.45) is 1.03. The van der Waals surface area contributed by atoms with Gasteiger partial charge in [-0.1, -0.05) is 6.07 Å². The molecule has 33 heavy (non-hydrogen) atoms. The van der Waals surface area contributed by atoms with Crippen molar-refractivity contribution in [3.05, 3.63) is 34.9 Å². The molecule has 0 bridgehead atoms. The predicted octanol–water partition coefficient (Wildman–Crippen LogP) is 2.55. The molecule has 1 aliphatic heterocycles. The third-order valence-electron chi connectivity index (χ3n) is 5.98. The van der Waals surface area contributed by atoms with Crippen LogP contribution >= 0.6 is 0 Å². The van der Waals surface area contributed by atoms with E-state index in [2.05, 4.69) is 58.5 Å². The first-order chi connectivity index (χ1) is 15.5. The second kappa shape index (κ2) is 10.3. The van der Waals surface area contributed by atoms with Gasteiger partial charge in [0.15, 0.2) is 0 Å². The molecule has 0 unspecified atom stereocenters. The number of carbonyl (C=O) groups is 1. The molecular formula is C23H36N8O2. The second-order valence-electron chi connectivity index (χ2n) is 9.57. The van der Waals surface area contributed by atoms with E-state index in [1.165, 1.54) is 0 Å². The molecule has 1 amide bonds. The summed E-state index contributed by atoms with van der Waals surface area (Å²) in [6, 6.07) is 5.49. The van der Waals surface area contributed by atoms with E-state index in [9.17, 15) is 4.79 Å². The van der Waals surface area contributed by atoms with E-state index in [0.717, 1.165) is 43.7 Å². The van der Waals surface area contributed by atoms with Crippen LogP contribution in [0.15, 0.2) is 18.2 Å². The predicted molar refractivity (Wildman–Crippen MR) is 130 cm³/mol. The van der Waals surface area contributed by atoms with Crippen LogP contribution in [0.1, 0.15) is 48.7 Å². The number of hydrogen-bond acceptors (Lipinski definition) is 9. The maximum Gasteiger partial charge on any atom is 0.276 e. The van der Waals surface area contributed by atoms with Crippen LogP contribution in [-0.4, -0.2) is 71.6 Å². The van der Waals surface area contributed by atoms with Crippen LogP contribution in [0.5, 0.6) is 0 Å². The number of nitrogens with one attached hydrogen (secondary N) is 2. The van der Waals surface area contributed by atoms with Gasteiger partial charge in [-0.3, -0.25) is 4.79 Å². The Morgan fingerprint density at radius 3 is 2.52 bits per heavy atom. The van der Waals surface area contributed by atoms with Gasteiger partial charge in [-0.25, -0.2) is 11.0 Å². The number of nitrogens with zero attached hydrogens (tertiary/aromatic N) is 6. The van der Waals surface area contributed by atoms with Crippen molar-refractivity contribution in [3.8, 4) is 0 Å². The van der Waals surface area contributed by atoms with E-state index in [0.29, 0.717) is 17.5 Å². The fraction of sp³-hybridized carbons (Fsp3) is 0.565. The summed E-state index contributed by atoms with van der Waals surface area (Å²) in [5.41, 5.74) is 7.55. The highest BCUT2D eigenvalue weighted by Crippen LogP contribution is 2.22. The molecule has 1 aromatic heterocycles. The SMILES string of the molecule is Cc1ccc(C(=O)NONc2nc(N3CCCN(C)CC3)nc(N(C)C(C)(C)C)n2)cc1C. The van der Waals surface area contributed by atoms with Crippen molar-refractivity contribution in [2.75, 3.05) is 55.6 Å². The van der Waals surface area contributed by atoms with Gasteiger partial charge < -0.3 is 14.7 Å². The number of benzene rings is 1. The average Bonchev–Trinajstić information content (AvgIpc) is 2.98. The number of rotatable bonds is 6. The zero-order valence-electron chi connectivity index (χ0n) is 20.8. The standard InChI is InChI=1S/C23H36N8O2/c1-16-9-10-18(15-17(16)2)19(32)27-33-28-20-24-21(30(7)23(3,4)5)26-22(25-20)31-12-8-11-29(6)13-14-31/h9-10,15H,8,11-14H2,1-7H3,(H,27,32)(H,24,25,26,28). The molecule has 1 aromatic carbocycles. The molecule has 180 valence electrons. The number of aryl methyl sites for hydroxylation is 2. The van der Waals surface area contributed by atoms with E-state index >= 15 is 0 Å². The number of carbonyl (C=O) groups excluding carboxylic acids is 1. The summed E-state index contributed by atoms with van der Waals surface area (Å²) in [4.78, 5) is 37.9. The average molecular weight is 457 g/mol. The number of amides is 1. The molecule has 0 saturated carbocycles. The summed E-state index contributed by atoms with van der Waals surface area (Å²) in [7, 11) is 4.07. The van der Waals surface area contributed by atoms with Gasteiger partial charge in [0.1, 0.15) is 0 Å². The summed E-state index contributed by atoms with van der Waals surface area (Å²) >= 11 is 0. The molecule has 1 saturated heterocycles. The minimum absolute atomic E-state index is 0.187. The van der Waals surface area contributed by atoms with Gasteiger partial charge in [0.05, 0.1) is 0 Å². The Morgan fingerprint density at radius 2 is 1.82 bits per heavy atom. The number of hydrogen-bond donors (Lipinski definition) is 2. The van der Waals surface area contributed by atoms with E-state index in [1.807, 2.05) is 37.9 Å². The van der Waals surface area contributed by atoms with Crippen molar-refractivity contribution < 1.29 is 9.73 Å². The fourth-order valence-electron chi connectivity index (χ4n) is 3.30. The third kappa shape index (κ3) is 6.52. The zero-order chi connectivity index (χ0) is 24.2. The van der Waals surface area contributed by atoms with Crippen LogP contribution in [0.25, 0.3) is 0 Å². The Morgan fingerprint density at radius 1 is 1.06 bits per heavy atom. The van der Waals surface area contributed by atoms with Crippen molar-refractivity contribution >= 4 is 23.8 Å². The van der Waals surface area contributed by atoms with Crippen LogP contribution in [0.3, 0.4) is 0 Å². The fourth-order valence-corrected chi connectivity index (χ4v) is 3.30. The molecule has 1 aliphatic rings. The Labute approximate surface area is 196 Å². The van der Waals surface area contributed by atoms with E-state index < -0.39 is 0 Å². The minimum atomic E-state index is -0.359. The number of anilines is 3. The van der Waals surface area contributed by atoms with Gasteiger partial charge in [-0.05, 0) is 77.9 Å². The quantitative estimate of drug-likeness (QED) is 0.635. The summed E-state index contributed by atoms with van der Waals surface area (Å²) < 4.78 is 0. The Bertz CT molecular complexity index is 975. The molecule has 2 aromatic rings. The summed E-state index contributed by atoms with van der Waals surface area (Å²) in [5.74, 6) is 0.973. The molecule has 2 N–H and O–H groups in total. The van der Waals surface area contributed by atoms with Crippen LogP contribution in [0.2, 0.25) is 0 Å². The van der Waals surface area contributed by atoms with Crippen molar-refractivity contribution in [1.82, 2.24) is 25.3 Å².